The fourth-order valence-corrected chi connectivity index (χ4v) is 3.73. The SMILES string of the molecule is Cc1cc(N)c([N+](=O)[O-])cc1S(=O)(=O)NCc1ccsc1. The summed E-state index contributed by atoms with van der Waals surface area (Å²) in [6.07, 6.45) is 0. The van der Waals surface area contributed by atoms with Gasteiger partial charge in [-0.15, -0.1) is 0 Å². The van der Waals surface area contributed by atoms with Crippen molar-refractivity contribution < 1.29 is 13.3 Å². The first-order chi connectivity index (χ1) is 9.81. The molecule has 7 nitrogen and oxygen atoms in total. The van der Waals surface area contributed by atoms with Gasteiger partial charge in [0, 0.05) is 12.6 Å². The summed E-state index contributed by atoms with van der Waals surface area (Å²) < 4.78 is 26.9. The Kier molecular flexibility index (Phi) is 4.26. The standard InChI is InChI=1S/C12H13N3O4S2/c1-8-4-10(13)11(15(16)17)5-12(8)21(18,19)14-6-9-2-3-20-7-9/h2-5,7,14H,6,13H2,1H3. The highest BCUT2D eigenvalue weighted by Crippen LogP contribution is 2.28. The van der Waals surface area contributed by atoms with Crippen LogP contribution >= 0.6 is 11.3 Å². The van der Waals surface area contributed by atoms with Crippen LogP contribution in [0.15, 0.2) is 33.9 Å². The van der Waals surface area contributed by atoms with Crippen LogP contribution in [-0.4, -0.2) is 13.3 Å². The van der Waals surface area contributed by atoms with Crippen LogP contribution in [0.2, 0.25) is 0 Å². The first-order valence-electron chi connectivity index (χ1n) is 5.86. The molecule has 0 aliphatic heterocycles. The van der Waals surface area contributed by atoms with Crippen LogP contribution in [0.5, 0.6) is 0 Å². The average Bonchev–Trinajstić information content (AvgIpc) is 2.88. The van der Waals surface area contributed by atoms with Crippen molar-refractivity contribution in [2.24, 2.45) is 0 Å². The lowest BCUT2D eigenvalue weighted by atomic mass is 10.2. The Labute approximate surface area is 125 Å². The van der Waals surface area contributed by atoms with Crippen LogP contribution in [-0.2, 0) is 16.6 Å². The minimum absolute atomic E-state index is 0.0608. The number of benzene rings is 1. The molecule has 2 rings (SSSR count). The van der Waals surface area contributed by atoms with Crippen LogP contribution in [0.4, 0.5) is 11.4 Å². The molecular formula is C12H13N3O4S2. The van der Waals surface area contributed by atoms with Crippen LogP contribution in [0, 0.1) is 17.0 Å². The fourth-order valence-electron chi connectivity index (χ4n) is 1.80. The summed E-state index contributed by atoms with van der Waals surface area (Å²) in [5, 5.41) is 14.5. The van der Waals surface area contributed by atoms with Gasteiger partial charge in [0.05, 0.1) is 9.82 Å². The van der Waals surface area contributed by atoms with Crippen molar-refractivity contribution in [3.05, 3.63) is 50.2 Å². The molecule has 0 aliphatic carbocycles. The van der Waals surface area contributed by atoms with Crippen molar-refractivity contribution in [2.75, 3.05) is 5.73 Å². The van der Waals surface area contributed by atoms with E-state index in [1.165, 1.54) is 17.4 Å². The lowest BCUT2D eigenvalue weighted by molar-refractivity contribution is -0.384. The Bertz CT molecular complexity index is 770. The molecular weight excluding hydrogens is 314 g/mol. The second-order valence-electron chi connectivity index (χ2n) is 4.39. The van der Waals surface area contributed by atoms with Crippen LogP contribution in [0.3, 0.4) is 0 Å². The molecule has 0 amide bonds. The number of hydrogen-bond donors (Lipinski definition) is 2. The Morgan fingerprint density at radius 3 is 2.71 bits per heavy atom. The number of nitrogens with two attached hydrogens (primary N) is 1. The van der Waals surface area contributed by atoms with Gasteiger partial charge in [0.25, 0.3) is 5.69 Å². The van der Waals surface area contributed by atoms with Crippen molar-refractivity contribution >= 4 is 32.7 Å². The molecule has 0 aliphatic rings. The smallest absolute Gasteiger partial charge is 0.293 e. The number of anilines is 1. The third kappa shape index (κ3) is 3.38. The highest BCUT2D eigenvalue weighted by molar-refractivity contribution is 7.89. The quantitative estimate of drug-likeness (QED) is 0.495. The lowest BCUT2D eigenvalue weighted by Gasteiger charge is -2.09. The first kappa shape index (κ1) is 15.4. The van der Waals surface area contributed by atoms with Gasteiger partial charge in [-0.25, -0.2) is 13.1 Å². The summed E-state index contributed by atoms with van der Waals surface area (Å²) in [7, 11) is -3.85. The van der Waals surface area contributed by atoms with E-state index in [0.717, 1.165) is 11.6 Å². The monoisotopic (exact) mass is 327 g/mol. The van der Waals surface area contributed by atoms with Gasteiger partial charge in [-0.05, 0) is 40.9 Å². The first-order valence-corrected chi connectivity index (χ1v) is 8.29. The molecule has 0 radical (unpaired) electrons. The van der Waals surface area contributed by atoms with E-state index < -0.39 is 20.6 Å². The van der Waals surface area contributed by atoms with E-state index >= 15 is 0 Å². The molecule has 0 unspecified atom stereocenters. The van der Waals surface area contributed by atoms with E-state index in [1.807, 2.05) is 10.8 Å². The summed E-state index contributed by atoms with van der Waals surface area (Å²) >= 11 is 1.46. The highest BCUT2D eigenvalue weighted by atomic mass is 32.2. The van der Waals surface area contributed by atoms with Crippen LogP contribution < -0.4 is 10.5 Å². The Morgan fingerprint density at radius 2 is 2.14 bits per heavy atom. The second kappa shape index (κ2) is 5.80. The molecule has 9 heteroatoms. The van der Waals surface area contributed by atoms with Crippen LogP contribution in [0.25, 0.3) is 0 Å². The third-order valence-electron chi connectivity index (χ3n) is 2.86. The van der Waals surface area contributed by atoms with Gasteiger partial charge in [-0.1, -0.05) is 0 Å². The number of sulfonamides is 1. The number of nitro benzene ring substituents is 1. The summed E-state index contributed by atoms with van der Waals surface area (Å²) in [4.78, 5) is 10.0. The number of rotatable bonds is 5. The van der Waals surface area contributed by atoms with Gasteiger partial charge < -0.3 is 5.73 Å². The maximum atomic E-state index is 12.3. The molecule has 112 valence electrons. The Hall–Kier alpha value is -1.97. The minimum atomic E-state index is -3.85. The zero-order chi connectivity index (χ0) is 15.6. The van der Waals surface area contributed by atoms with E-state index in [0.29, 0.717) is 5.56 Å². The van der Waals surface area contributed by atoms with E-state index in [9.17, 15) is 18.5 Å². The van der Waals surface area contributed by atoms with Crippen LogP contribution in [0.1, 0.15) is 11.1 Å². The number of hydrogen-bond acceptors (Lipinski definition) is 6. The number of nitro groups is 1. The topological polar surface area (TPSA) is 115 Å². The maximum Gasteiger partial charge on any atom is 0.293 e. The highest BCUT2D eigenvalue weighted by Gasteiger charge is 2.22. The predicted octanol–water partition coefficient (Wildman–Crippen LogP) is 2.03. The molecule has 1 heterocycles. The molecule has 1 aromatic heterocycles. The number of nitrogen functional groups attached to an aromatic ring is 1. The zero-order valence-electron chi connectivity index (χ0n) is 11.1. The maximum absolute atomic E-state index is 12.3. The van der Waals surface area contributed by atoms with Gasteiger partial charge in [0.1, 0.15) is 5.69 Å². The van der Waals surface area contributed by atoms with Gasteiger partial charge in [0.2, 0.25) is 10.0 Å². The van der Waals surface area contributed by atoms with E-state index in [-0.39, 0.29) is 17.1 Å². The third-order valence-corrected chi connectivity index (χ3v) is 5.13. The number of aryl methyl sites for hydroxylation is 1. The molecule has 0 saturated carbocycles. The van der Waals surface area contributed by atoms with Crippen molar-refractivity contribution in [1.29, 1.82) is 0 Å². The van der Waals surface area contributed by atoms with Crippen molar-refractivity contribution in [2.45, 2.75) is 18.4 Å². The molecule has 1 aromatic carbocycles. The fraction of sp³-hybridized carbons (Fsp3) is 0.167. The van der Waals surface area contributed by atoms with E-state index in [4.69, 9.17) is 5.73 Å². The van der Waals surface area contributed by atoms with Crippen molar-refractivity contribution in [3.8, 4) is 0 Å². The minimum Gasteiger partial charge on any atom is -0.393 e. The zero-order valence-corrected chi connectivity index (χ0v) is 12.7. The molecule has 3 N–H and O–H groups in total. The Balaban J connectivity index is 2.35. The summed E-state index contributed by atoms with van der Waals surface area (Å²) in [6.45, 7) is 1.67. The predicted molar refractivity (Wildman–Crippen MR) is 80.6 cm³/mol. The van der Waals surface area contributed by atoms with Gasteiger partial charge in [-0.3, -0.25) is 10.1 Å². The largest absolute Gasteiger partial charge is 0.393 e. The summed E-state index contributed by atoms with van der Waals surface area (Å²) in [5.41, 5.74) is 6.23. The molecule has 21 heavy (non-hydrogen) atoms. The number of thiophene rings is 1. The van der Waals surface area contributed by atoms with E-state index in [1.54, 1.807) is 13.0 Å². The van der Waals surface area contributed by atoms with Crippen molar-refractivity contribution in [1.82, 2.24) is 4.72 Å². The lowest BCUT2D eigenvalue weighted by Crippen LogP contribution is -2.24. The summed E-state index contributed by atoms with van der Waals surface area (Å²) in [6, 6.07) is 4.07. The molecule has 0 saturated heterocycles. The average molecular weight is 327 g/mol. The second-order valence-corrected chi connectivity index (χ2v) is 6.91. The van der Waals surface area contributed by atoms with Gasteiger partial charge >= 0.3 is 0 Å². The molecule has 0 fully saturated rings. The molecule has 0 bridgehead atoms. The Morgan fingerprint density at radius 1 is 1.43 bits per heavy atom. The van der Waals surface area contributed by atoms with Gasteiger partial charge in [-0.2, -0.15) is 11.3 Å². The van der Waals surface area contributed by atoms with E-state index in [2.05, 4.69) is 4.72 Å². The van der Waals surface area contributed by atoms with Gasteiger partial charge in [0.15, 0.2) is 0 Å². The molecule has 2 aromatic rings. The number of nitrogens with one attached hydrogen (secondary N) is 1. The summed E-state index contributed by atoms with van der Waals surface area (Å²) in [5.74, 6) is 0. The normalized spacial score (nSPS) is 11.5. The molecule has 0 spiro atoms. The number of nitrogens with zero attached hydrogens (tertiary/aromatic N) is 1. The van der Waals surface area contributed by atoms with Crippen molar-refractivity contribution in [3.63, 3.8) is 0 Å². The molecule has 0 atom stereocenters.